The van der Waals surface area contributed by atoms with Gasteiger partial charge >= 0.3 is 5.97 Å². The zero-order valence-corrected chi connectivity index (χ0v) is 11.5. The third-order valence-electron chi connectivity index (χ3n) is 3.36. The number of hydrogen-bond acceptors (Lipinski definition) is 2. The molecule has 0 amide bonds. The van der Waals surface area contributed by atoms with E-state index < -0.39 is 5.97 Å². The molecule has 2 rings (SSSR count). The second-order valence-corrected chi connectivity index (χ2v) is 5.19. The summed E-state index contributed by atoms with van der Waals surface area (Å²) in [6.07, 6.45) is 8.40. The number of rotatable bonds is 5. The van der Waals surface area contributed by atoms with Crippen molar-refractivity contribution in [1.82, 2.24) is 0 Å². The van der Waals surface area contributed by atoms with Crippen molar-refractivity contribution in [2.75, 3.05) is 11.9 Å². The lowest BCUT2D eigenvalue weighted by Gasteiger charge is -2.13. The molecule has 1 aliphatic carbocycles. The molecule has 0 radical (unpaired) electrons. The molecule has 0 unspecified atom stereocenters. The van der Waals surface area contributed by atoms with Crippen molar-refractivity contribution < 1.29 is 9.90 Å². The normalized spacial score (nSPS) is 14.9. The van der Waals surface area contributed by atoms with E-state index in [4.69, 9.17) is 16.7 Å². The van der Waals surface area contributed by atoms with Crippen molar-refractivity contribution in [2.45, 2.75) is 32.1 Å². The SMILES string of the molecule is O=C(O)c1ccc(NCCC2=CCCCC2)cc1Cl. The summed E-state index contributed by atoms with van der Waals surface area (Å²) in [7, 11) is 0. The third-order valence-corrected chi connectivity index (χ3v) is 3.67. The lowest BCUT2D eigenvalue weighted by molar-refractivity contribution is 0.0697. The van der Waals surface area contributed by atoms with Gasteiger partial charge in [0.05, 0.1) is 10.6 Å². The molecule has 1 aliphatic rings. The Balaban J connectivity index is 1.87. The number of carboxylic acids is 1. The first-order valence-electron chi connectivity index (χ1n) is 6.61. The van der Waals surface area contributed by atoms with Crippen LogP contribution in [0, 0.1) is 0 Å². The van der Waals surface area contributed by atoms with Crippen LogP contribution < -0.4 is 5.32 Å². The molecule has 0 aromatic heterocycles. The number of allylic oxidation sites excluding steroid dienone is 1. The molecule has 0 fully saturated rings. The Morgan fingerprint density at radius 2 is 2.21 bits per heavy atom. The summed E-state index contributed by atoms with van der Waals surface area (Å²) in [6, 6.07) is 4.96. The molecule has 4 heteroatoms. The molecule has 1 aromatic rings. The maximum absolute atomic E-state index is 10.8. The van der Waals surface area contributed by atoms with Gasteiger partial charge in [-0.2, -0.15) is 0 Å². The Labute approximate surface area is 118 Å². The first-order valence-corrected chi connectivity index (χ1v) is 6.99. The molecule has 1 aromatic carbocycles. The van der Waals surface area contributed by atoms with Crippen molar-refractivity contribution in [3.63, 3.8) is 0 Å². The molecule has 2 N–H and O–H groups in total. The summed E-state index contributed by atoms with van der Waals surface area (Å²) in [6.45, 7) is 0.856. The van der Waals surface area contributed by atoms with Crippen LogP contribution in [-0.2, 0) is 0 Å². The lowest BCUT2D eigenvalue weighted by Crippen LogP contribution is -2.05. The van der Waals surface area contributed by atoms with Gasteiger partial charge < -0.3 is 10.4 Å². The fraction of sp³-hybridized carbons (Fsp3) is 0.400. The van der Waals surface area contributed by atoms with Gasteiger partial charge in [0.25, 0.3) is 0 Å². The molecule has 0 atom stereocenters. The third kappa shape index (κ3) is 4.00. The van der Waals surface area contributed by atoms with E-state index in [1.807, 2.05) is 0 Å². The van der Waals surface area contributed by atoms with Crippen LogP contribution in [0.4, 0.5) is 5.69 Å². The maximum atomic E-state index is 10.8. The van der Waals surface area contributed by atoms with Gasteiger partial charge in [-0.15, -0.1) is 0 Å². The number of carboxylic acid groups (broad SMARTS) is 1. The summed E-state index contributed by atoms with van der Waals surface area (Å²) in [5.41, 5.74) is 2.53. The van der Waals surface area contributed by atoms with Crippen LogP contribution in [0.25, 0.3) is 0 Å². The van der Waals surface area contributed by atoms with Crippen molar-refractivity contribution in [1.29, 1.82) is 0 Å². The van der Waals surface area contributed by atoms with E-state index in [0.29, 0.717) is 0 Å². The van der Waals surface area contributed by atoms with E-state index in [9.17, 15) is 4.79 Å². The Morgan fingerprint density at radius 1 is 1.37 bits per heavy atom. The molecule has 0 saturated heterocycles. The van der Waals surface area contributed by atoms with Gasteiger partial charge in [-0.3, -0.25) is 0 Å². The average Bonchev–Trinajstić information content (AvgIpc) is 2.39. The highest BCUT2D eigenvalue weighted by atomic mass is 35.5. The molecular formula is C15H18ClNO2. The van der Waals surface area contributed by atoms with Gasteiger partial charge in [0.15, 0.2) is 0 Å². The minimum Gasteiger partial charge on any atom is -0.478 e. The van der Waals surface area contributed by atoms with Gasteiger partial charge in [-0.1, -0.05) is 23.3 Å². The summed E-state index contributed by atoms with van der Waals surface area (Å²) in [4.78, 5) is 10.8. The van der Waals surface area contributed by atoms with Crippen LogP contribution in [0.15, 0.2) is 29.8 Å². The molecule has 0 bridgehead atoms. The van der Waals surface area contributed by atoms with Gasteiger partial charge in [0.1, 0.15) is 0 Å². The van der Waals surface area contributed by atoms with Crippen LogP contribution in [0.2, 0.25) is 5.02 Å². The number of halogens is 1. The van der Waals surface area contributed by atoms with Crippen LogP contribution in [0.3, 0.4) is 0 Å². The van der Waals surface area contributed by atoms with Gasteiger partial charge in [0.2, 0.25) is 0 Å². The zero-order chi connectivity index (χ0) is 13.7. The monoisotopic (exact) mass is 279 g/mol. The van der Waals surface area contributed by atoms with E-state index in [1.165, 1.54) is 37.3 Å². The molecule has 0 aliphatic heterocycles. The minimum atomic E-state index is -0.996. The van der Waals surface area contributed by atoms with E-state index in [2.05, 4.69) is 11.4 Å². The lowest BCUT2D eigenvalue weighted by atomic mass is 9.97. The predicted octanol–water partition coefficient (Wildman–Crippen LogP) is 4.34. The topological polar surface area (TPSA) is 49.3 Å². The Kier molecular flexibility index (Phi) is 4.86. The second kappa shape index (κ2) is 6.62. The van der Waals surface area contributed by atoms with Crippen molar-refractivity contribution >= 4 is 23.3 Å². The van der Waals surface area contributed by atoms with E-state index in [0.717, 1.165) is 18.7 Å². The van der Waals surface area contributed by atoms with Crippen LogP contribution in [0.5, 0.6) is 0 Å². The molecule has 3 nitrogen and oxygen atoms in total. The highest BCUT2D eigenvalue weighted by Crippen LogP contribution is 2.22. The van der Waals surface area contributed by atoms with Gasteiger partial charge in [-0.25, -0.2) is 4.79 Å². The van der Waals surface area contributed by atoms with Crippen molar-refractivity contribution in [3.05, 3.63) is 40.4 Å². The largest absolute Gasteiger partial charge is 0.478 e. The highest BCUT2D eigenvalue weighted by Gasteiger charge is 2.09. The smallest absolute Gasteiger partial charge is 0.337 e. The number of benzene rings is 1. The Bertz CT molecular complexity index is 497. The van der Waals surface area contributed by atoms with Crippen LogP contribution in [0.1, 0.15) is 42.5 Å². The highest BCUT2D eigenvalue weighted by molar-refractivity contribution is 6.33. The second-order valence-electron chi connectivity index (χ2n) is 4.78. The fourth-order valence-electron chi connectivity index (χ4n) is 2.30. The summed E-state index contributed by atoms with van der Waals surface area (Å²) in [5.74, 6) is -0.996. The van der Waals surface area contributed by atoms with Crippen molar-refractivity contribution in [2.24, 2.45) is 0 Å². The molecule has 102 valence electrons. The van der Waals surface area contributed by atoms with Crippen molar-refractivity contribution in [3.8, 4) is 0 Å². The maximum Gasteiger partial charge on any atom is 0.337 e. The molecule has 19 heavy (non-hydrogen) atoms. The Hall–Kier alpha value is -1.48. The summed E-state index contributed by atoms with van der Waals surface area (Å²) < 4.78 is 0. The number of nitrogens with one attached hydrogen (secondary N) is 1. The van der Waals surface area contributed by atoms with Crippen LogP contribution in [-0.4, -0.2) is 17.6 Å². The minimum absolute atomic E-state index is 0.141. The molecule has 0 spiro atoms. The summed E-state index contributed by atoms with van der Waals surface area (Å²) >= 11 is 5.92. The predicted molar refractivity (Wildman–Crippen MR) is 78.1 cm³/mol. The first-order chi connectivity index (χ1) is 9.16. The van der Waals surface area contributed by atoms with E-state index >= 15 is 0 Å². The van der Waals surface area contributed by atoms with E-state index in [1.54, 1.807) is 12.1 Å². The quantitative estimate of drug-likeness (QED) is 0.788. The standard InChI is InChI=1S/C15H18ClNO2/c16-14-10-12(6-7-13(14)15(18)19)17-9-8-11-4-2-1-3-5-11/h4,6-7,10,17H,1-3,5,8-9H2,(H,18,19). The Morgan fingerprint density at radius 3 is 2.84 bits per heavy atom. The number of carbonyl (C=O) groups is 1. The first kappa shape index (κ1) is 13.9. The molecular weight excluding hydrogens is 262 g/mol. The van der Waals surface area contributed by atoms with E-state index in [-0.39, 0.29) is 10.6 Å². The average molecular weight is 280 g/mol. The van der Waals surface area contributed by atoms with Crippen LogP contribution >= 0.6 is 11.6 Å². The number of anilines is 1. The fourth-order valence-corrected chi connectivity index (χ4v) is 2.56. The summed E-state index contributed by atoms with van der Waals surface area (Å²) in [5, 5.41) is 12.4. The zero-order valence-electron chi connectivity index (χ0n) is 10.8. The van der Waals surface area contributed by atoms with Gasteiger partial charge in [0, 0.05) is 12.2 Å². The molecule has 0 heterocycles. The van der Waals surface area contributed by atoms with Gasteiger partial charge in [-0.05, 0) is 50.3 Å². The molecule has 0 saturated carbocycles. The number of hydrogen-bond donors (Lipinski definition) is 2. The number of aromatic carboxylic acids is 1.